The quantitative estimate of drug-likeness (QED) is 0.882. The number of hydrogen-bond acceptors (Lipinski definition) is 2. The molecule has 1 aromatic rings. The fourth-order valence-corrected chi connectivity index (χ4v) is 2.40. The summed E-state index contributed by atoms with van der Waals surface area (Å²) in [5, 5.41) is 0. The lowest BCUT2D eigenvalue weighted by atomic mass is 10.1. The number of amides is 2. The van der Waals surface area contributed by atoms with Crippen LogP contribution in [0.15, 0.2) is 24.3 Å². The van der Waals surface area contributed by atoms with Crippen molar-refractivity contribution in [1.29, 1.82) is 0 Å². The molecule has 0 atom stereocenters. The van der Waals surface area contributed by atoms with E-state index in [4.69, 9.17) is 5.73 Å². The first-order chi connectivity index (χ1) is 8.65. The van der Waals surface area contributed by atoms with Crippen LogP contribution < -0.4 is 10.6 Å². The molecule has 4 heteroatoms. The molecule has 18 heavy (non-hydrogen) atoms. The van der Waals surface area contributed by atoms with Crippen molar-refractivity contribution in [3.8, 4) is 0 Å². The predicted octanol–water partition coefficient (Wildman–Crippen LogP) is 1.84. The summed E-state index contributed by atoms with van der Waals surface area (Å²) in [6.07, 6.45) is 0.807. The molecule has 0 unspecified atom stereocenters. The molecule has 1 aromatic carbocycles. The second-order valence-corrected chi connectivity index (χ2v) is 4.89. The zero-order valence-electron chi connectivity index (χ0n) is 11.1. The molecule has 1 saturated heterocycles. The van der Waals surface area contributed by atoms with Crippen LogP contribution in [0, 0.1) is 0 Å². The Balaban J connectivity index is 2.25. The van der Waals surface area contributed by atoms with Crippen LogP contribution in [-0.2, 0) is 6.42 Å². The third kappa shape index (κ3) is 2.34. The highest BCUT2D eigenvalue weighted by molar-refractivity contribution is 5.95. The summed E-state index contributed by atoms with van der Waals surface area (Å²) in [6.45, 7) is 6.26. The second-order valence-electron chi connectivity index (χ2n) is 4.89. The lowest BCUT2D eigenvalue weighted by Gasteiger charge is -2.23. The Kier molecular flexibility index (Phi) is 3.87. The van der Waals surface area contributed by atoms with Gasteiger partial charge in [-0.3, -0.25) is 4.90 Å². The number of para-hydroxylation sites is 1. The van der Waals surface area contributed by atoms with Crippen LogP contribution in [-0.4, -0.2) is 36.6 Å². The largest absolute Gasteiger partial charge is 0.330 e. The highest BCUT2D eigenvalue weighted by Gasteiger charge is 2.31. The molecule has 0 bridgehead atoms. The van der Waals surface area contributed by atoms with E-state index in [1.807, 2.05) is 47.9 Å². The van der Waals surface area contributed by atoms with Gasteiger partial charge in [0.05, 0.1) is 0 Å². The Labute approximate surface area is 108 Å². The van der Waals surface area contributed by atoms with E-state index in [-0.39, 0.29) is 12.1 Å². The summed E-state index contributed by atoms with van der Waals surface area (Å²) in [5.41, 5.74) is 7.79. The number of urea groups is 1. The first-order valence-electron chi connectivity index (χ1n) is 6.51. The fourth-order valence-electron chi connectivity index (χ4n) is 2.40. The molecule has 0 spiro atoms. The van der Waals surface area contributed by atoms with Gasteiger partial charge >= 0.3 is 6.03 Å². The molecule has 0 aliphatic carbocycles. The van der Waals surface area contributed by atoms with Crippen LogP contribution in [0.2, 0.25) is 0 Å². The van der Waals surface area contributed by atoms with Crippen LogP contribution in [0.4, 0.5) is 10.5 Å². The van der Waals surface area contributed by atoms with Crippen molar-refractivity contribution >= 4 is 11.7 Å². The number of nitrogens with zero attached hydrogens (tertiary/aromatic N) is 2. The van der Waals surface area contributed by atoms with E-state index >= 15 is 0 Å². The third-order valence-electron chi connectivity index (χ3n) is 3.36. The number of nitrogens with two attached hydrogens (primary N) is 1. The molecule has 0 saturated carbocycles. The Hall–Kier alpha value is -1.55. The van der Waals surface area contributed by atoms with E-state index in [1.54, 1.807) is 0 Å². The van der Waals surface area contributed by atoms with Crippen molar-refractivity contribution in [2.45, 2.75) is 26.3 Å². The molecule has 1 aliphatic heterocycles. The second kappa shape index (κ2) is 5.40. The fraction of sp³-hybridized carbons (Fsp3) is 0.500. The molecule has 2 N–H and O–H groups in total. The van der Waals surface area contributed by atoms with Gasteiger partial charge in [-0.2, -0.15) is 0 Å². The third-order valence-corrected chi connectivity index (χ3v) is 3.36. The number of anilines is 1. The molecule has 98 valence electrons. The van der Waals surface area contributed by atoms with Gasteiger partial charge in [0.15, 0.2) is 0 Å². The van der Waals surface area contributed by atoms with Crippen LogP contribution in [0.1, 0.15) is 19.4 Å². The molecule has 0 radical (unpaired) electrons. The van der Waals surface area contributed by atoms with Crippen LogP contribution in [0.25, 0.3) is 0 Å². The van der Waals surface area contributed by atoms with Gasteiger partial charge in [0.25, 0.3) is 0 Å². The first kappa shape index (κ1) is 12.9. The topological polar surface area (TPSA) is 49.6 Å². The lowest BCUT2D eigenvalue weighted by molar-refractivity contribution is 0.209. The highest BCUT2D eigenvalue weighted by atomic mass is 16.2. The molecular weight excluding hydrogens is 226 g/mol. The molecule has 0 aromatic heterocycles. The van der Waals surface area contributed by atoms with Crippen LogP contribution in [0.3, 0.4) is 0 Å². The predicted molar refractivity (Wildman–Crippen MR) is 73.8 cm³/mol. The summed E-state index contributed by atoms with van der Waals surface area (Å²) in [5.74, 6) is 0. The monoisotopic (exact) mass is 247 g/mol. The van der Waals surface area contributed by atoms with E-state index in [9.17, 15) is 4.79 Å². The van der Waals surface area contributed by atoms with Gasteiger partial charge in [0, 0.05) is 24.8 Å². The maximum atomic E-state index is 12.3. The maximum Gasteiger partial charge on any atom is 0.324 e. The van der Waals surface area contributed by atoms with Gasteiger partial charge in [0.2, 0.25) is 0 Å². The molecule has 4 nitrogen and oxygen atoms in total. The number of rotatable bonds is 4. The van der Waals surface area contributed by atoms with Gasteiger partial charge in [-0.1, -0.05) is 18.2 Å². The summed E-state index contributed by atoms with van der Waals surface area (Å²) < 4.78 is 0. The van der Waals surface area contributed by atoms with Gasteiger partial charge in [-0.15, -0.1) is 0 Å². The van der Waals surface area contributed by atoms with E-state index in [0.717, 1.165) is 30.8 Å². The highest BCUT2D eigenvalue weighted by Crippen LogP contribution is 2.25. The zero-order chi connectivity index (χ0) is 13.1. The molecule has 2 rings (SSSR count). The lowest BCUT2D eigenvalue weighted by Crippen LogP contribution is -2.36. The average Bonchev–Trinajstić information content (AvgIpc) is 2.72. The van der Waals surface area contributed by atoms with E-state index in [2.05, 4.69) is 0 Å². The minimum atomic E-state index is 0.106. The number of hydrogen-bond donors (Lipinski definition) is 1. The van der Waals surface area contributed by atoms with Gasteiger partial charge in [0.1, 0.15) is 0 Å². The Morgan fingerprint density at radius 3 is 2.61 bits per heavy atom. The van der Waals surface area contributed by atoms with Gasteiger partial charge in [-0.25, -0.2) is 4.79 Å². The Morgan fingerprint density at radius 1 is 1.28 bits per heavy atom. The maximum absolute atomic E-state index is 12.3. The van der Waals surface area contributed by atoms with E-state index in [0.29, 0.717) is 6.54 Å². The van der Waals surface area contributed by atoms with E-state index in [1.165, 1.54) is 0 Å². The molecule has 2 amide bonds. The number of carbonyl (C=O) groups is 1. The Morgan fingerprint density at radius 2 is 2.00 bits per heavy atom. The zero-order valence-corrected chi connectivity index (χ0v) is 11.1. The van der Waals surface area contributed by atoms with Crippen molar-refractivity contribution < 1.29 is 4.79 Å². The van der Waals surface area contributed by atoms with E-state index < -0.39 is 0 Å². The molecule has 1 aliphatic rings. The van der Waals surface area contributed by atoms with Crippen LogP contribution >= 0.6 is 0 Å². The summed E-state index contributed by atoms with van der Waals surface area (Å²) in [4.78, 5) is 16.1. The Bertz CT molecular complexity index is 431. The smallest absolute Gasteiger partial charge is 0.324 e. The number of carbonyl (C=O) groups excluding carboxylic acids is 1. The van der Waals surface area contributed by atoms with Crippen LogP contribution in [0.5, 0.6) is 0 Å². The summed E-state index contributed by atoms with van der Waals surface area (Å²) in [6, 6.07) is 8.38. The summed E-state index contributed by atoms with van der Waals surface area (Å²) >= 11 is 0. The minimum Gasteiger partial charge on any atom is -0.330 e. The van der Waals surface area contributed by atoms with Crippen molar-refractivity contribution in [1.82, 2.24) is 4.90 Å². The van der Waals surface area contributed by atoms with Crippen molar-refractivity contribution in [2.24, 2.45) is 5.73 Å². The first-order valence-corrected chi connectivity index (χ1v) is 6.51. The average molecular weight is 247 g/mol. The van der Waals surface area contributed by atoms with Crippen molar-refractivity contribution in [3.63, 3.8) is 0 Å². The minimum absolute atomic E-state index is 0.106. The molecule has 1 heterocycles. The molecule has 1 fully saturated rings. The molecular formula is C14H21N3O. The number of benzene rings is 1. The summed E-state index contributed by atoms with van der Waals surface area (Å²) in [7, 11) is 0. The van der Waals surface area contributed by atoms with Gasteiger partial charge in [-0.05, 0) is 38.4 Å². The standard InChI is InChI=1S/C14H21N3O/c1-11(2)16-9-10-17(14(16)18)13-6-4-3-5-12(13)7-8-15/h3-6,11H,7-10,15H2,1-2H3. The SMILES string of the molecule is CC(C)N1CCN(c2ccccc2CCN)C1=O. The normalized spacial score (nSPS) is 15.9. The van der Waals surface area contributed by atoms with Crippen molar-refractivity contribution in [2.75, 3.05) is 24.5 Å². The van der Waals surface area contributed by atoms with Gasteiger partial charge < -0.3 is 10.6 Å². The van der Waals surface area contributed by atoms with Crippen molar-refractivity contribution in [3.05, 3.63) is 29.8 Å².